The van der Waals surface area contributed by atoms with Crippen molar-refractivity contribution in [3.8, 4) is 5.75 Å². The number of amides is 1. The van der Waals surface area contributed by atoms with E-state index in [9.17, 15) is 4.79 Å². The van der Waals surface area contributed by atoms with Crippen LogP contribution in [0.15, 0.2) is 71.2 Å². The molecule has 0 saturated heterocycles. The predicted molar refractivity (Wildman–Crippen MR) is 130 cm³/mol. The van der Waals surface area contributed by atoms with Gasteiger partial charge in [-0.2, -0.15) is 0 Å². The van der Waals surface area contributed by atoms with E-state index in [1.54, 1.807) is 18.4 Å². The highest BCUT2D eigenvalue weighted by molar-refractivity contribution is 8.00. The van der Waals surface area contributed by atoms with E-state index in [0.717, 1.165) is 17.0 Å². The molecule has 0 unspecified atom stereocenters. The molecule has 32 heavy (non-hydrogen) atoms. The number of ether oxygens (including phenoxy) is 1. The molecule has 1 atom stereocenters. The largest absolute Gasteiger partial charge is 0.495 e. The third kappa shape index (κ3) is 5.03. The highest BCUT2D eigenvalue weighted by atomic mass is 32.2. The Morgan fingerprint density at radius 1 is 1.16 bits per heavy atom. The number of aryl methyl sites for hydroxylation is 1. The van der Waals surface area contributed by atoms with Crippen LogP contribution in [-0.2, 0) is 18.3 Å². The van der Waals surface area contributed by atoms with Crippen molar-refractivity contribution in [2.24, 2.45) is 7.05 Å². The number of anilines is 1. The van der Waals surface area contributed by atoms with Gasteiger partial charge in [-0.1, -0.05) is 54.2 Å². The molecule has 0 spiro atoms. The number of thioether (sulfide) groups is 1. The predicted octanol–water partition coefficient (Wildman–Crippen LogP) is 5.26. The summed E-state index contributed by atoms with van der Waals surface area (Å²) in [6.45, 7) is 1.98. The van der Waals surface area contributed by atoms with Crippen molar-refractivity contribution in [1.29, 1.82) is 0 Å². The molecule has 8 heteroatoms. The average molecular weight is 465 g/mol. The van der Waals surface area contributed by atoms with Crippen LogP contribution in [-0.4, -0.2) is 27.8 Å². The first-order valence-electron chi connectivity index (χ1n) is 10.1. The number of nitrogens with one attached hydrogen (secondary N) is 1. The van der Waals surface area contributed by atoms with Crippen LogP contribution in [0, 0.1) is 6.92 Å². The Hall–Kier alpha value is -3.10. The van der Waals surface area contributed by atoms with Gasteiger partial charge in [-0.3, -0.25) is 4.79 Å². The summed E-state index contributed by atoms with van der Waals surface area (Å²) in [6.07, 6.45) is 0.713. The summed E-state index contributed by atoms with van der Waals surface area (Å²) in [5, 5.41) is 14.0. The Kier molecular flexibility index (Phi) is 6.92. The van der Waals surface area contributed by atoms with Crippen LogP contribution in [0.3, 0.4) is 0 Å². The van der Waals surface area contributed by atoms with Crippen LogP contribution in [0.2, 0.25) is 0 Å². The molecule has 0 bridgehead atoms. The van der Waals surface area contributed by atoms with Crippen LogP contribution in [0.25, 0.3) is 0 Å². The number of methoxy groups -OCH3 is 1. The molecule has 0 fully saturated rings. The maximum absolute atomic E-state index is 13.4. The zero-order valence-electron chi connectivity index (χ0n) is 18.1. The number of carbonyl (C=O) groups excluding carboxylic acids is 1. The molecule has 2 heterocycles. The summed E-state index contributed by atoms with van der Waals surface area (Å²) >= 11 is 3.08. The monoisotopic (exact) mass is 464 g/mol. The molecule has 0 aliphatic carbocycles. The smallest absolute Gasteiger partial charge is 0.242 e. The fraction of sp³-hybridized carbons (Fsp3) is 0.208. The third-order valence-electron chi connectivity index (χ3n) is 5.01. The van der Waals surface area contributed by atoms with Crippen LogP contribution in [0.1, 0.15) is 27.1 Å². The number of aromatic nitrogens is 3. The molecule has 0 aliphatic rings. The Morgan fingerprint density at radius 2 is 1.97 bits per heavy atom. The molecule has 1 N–H and O–H groups in total. The Labute approximate surface area is 195 Å². The van der Waals surface area contributed by atoms with Crippen molar-refractivity contribution >= 4 is 34.7 Å². The molecule has 164 valence electrons. The summed E-state index contributed by atoms with van der Waals surface area (Å²) in [5.41, 5.74) is 2.58. The van der Waals surface area contributed by atoms with Gasteiger partial charge in [0, 0.05) is 18.3 Å². The minimum Gasteiger partial charge on any atom is -0.495 e. The van der Waals surface area contributed by atoms with Gasteiger partial charge >= 0.3 is 0 Å². The molecule has 4 aromatic rings. The number of hydrogen-bond acceptors (Lipinski definition) is 6. The third-order valence-corrected chi connectivity index (χ3v) is 7.18. The molecule has 0 radical (unpaired) electrons. The summed E-state index contributed by atoms with van der Waals surface area (Å²) in [6, 6.07) is 19.5. The van der Waals surface area contributed by atoms with Crippen molar-refractivity contribution in [3.05, 3.63) is 87.9 Å². The normalized spacial score (nSPS) is 11.8. The molecule has 1 amide bonds. The zero-order chi connectivity index (χ0) is 22.5. The quantitative estimate of drug-likeness (QED) is 0.360. The van der Waals surface area contributed by atoms with Gasteiger partial charge in [0.1, 0.15) is 16.8 Å². The first-order chi connectivity index (χ1) is 15.5. The van der Waals surface area contributed by atoms with E-state index >= 15 is 0 Å². The minimum absolute atomic E-state index is 0.145. The molecule has 4 rings (SSSR count). The molecular weight excluding hydrogens is 440 g/mol. The van der Waals surface area contributed by atoms with Gasteiger partial charge in [0.25, 0.3) is 0 Å². The number of thiophene rings is 1. The van der Waals surface area contributed by atoms with Crippen LogP contribution >= 0.6 is 23.1 Å². The van der Waals surface area contributed by atoms with Gasteiger partial charge in [0.2, 0.25) is 5.91 Å². The summed E-state index contributed by atoms with van der Waals surface area (Å²) in [5.74, 6) is 1.34. The fourth-order valence-corrected chi connectivity index (χ4v) is 5.02. The molecule has 0 saturated carbocycles. The lowest BCUT2D eigenvalue weighted by Gasteiger charge is -2.18. The van der Waals surface area contributed by atoms with Gasteiger partial charge in [-0.05, 0) is 41.6 Å². The molecule has 0 aliphatic heterocycles. The van der Waals surface area contributed by atoms with Crippen LogP contribution < -0.4 is 10.1 Å². The fourth-order valence-electron chi connectivity index (χ4n) is 3.29. The number of hydrogen-bond donors (Lipinski definition) is 1. The van der Waals surface area contributed by atoms with Gasteiger partial charge in [-0.15, -0.1) is 21.5 Å². The van der Waals surface area contributed by atoms with Crippen molar-refractivity contribution in [2.75, 3.05) is 12.4 Å². The highest BCUT2D eigenvalue weighted by Crippen LogP contribution is 2.36. The summed E-state index contributed by atoms with van der Waals surface area (Å²) < 4.78 is 7.39. The second-order valence-electron chi connectivity index (χ2n) is 7.32. The number of carbonyl (C=O) groups is 1. The van der Waals surface area contributed by atoms with Crippen LogP contribution in [0.5, 0.6) is 5.75 Å². The minimum atomic E-state index is -0.501. The van der Waals surface area contributed by atoms with Crippen molar-refractivity contribution in [3.63, 3.8) is 0 Å². The zero-order valence-corrected chi connectivity index (χ0v) is 19.7. The topological polar surface area (TPSA) is 69.0 Å². The lowest BCUT2D eigenvalue weighted by atomic mass is 10.1. The number of benzene rings is 2. The Morgan fingerprint density at radius 3 is 2.69 bits per heavy atom. The van der Waals surface area contributed by atoms with Crippen molar-refractivity contribution in [1.82, 2.24) is 14.8 Å². The van der Waals surface area contributed by atoms with Gasteiger partial charge in [0.05, 0.1) is 12.8 Å². The van der Waals surface area contributed by atoms with Gasteiger partial charge in [-0.25, -0.2) is 0 Å². The van der Waals surface area contributed by atoms with Gasteiger partial charge in [0.15, 0.2) is 5.16 Å². The van der Waals surface area contributed by atoms with E-state index < -0.39 is 5.25 Å². The average Bonchev–Trinajstić information content (AvgIpc) is 3.43. The number of rotatable bonds is 8. The van der Waals surface area contributed by atoms with Crippen LogP contribution in [0.4, 0.5) is 5.69 Å². The second-order valence-corrected chi connectivity index (χ2v) is 9.42. The maximum atomic E-state index is 13.4. The van der Waals surface area contributed by atoms with E-state index in [0.29, 0.717) is 23.0 Å². The molecular formula is C24H24N4O2S2. The molecule has 6 nitrogen and oxygen atoms in total. The first-order valence-corrected chi connectivity index (χ1v) is 11.9. The highest BCUT2D eigenvalue weighted by Gasteiger charge is 2.26. The Balaban J connectivity index is 1.60. The van der Waals surface area contributed by atoms with Gasteiger partial charge < -0.3 is 14.6 Å². The standard InChI is InChI=1S/C24H24N4O2S2/c1-16-11-12-20(30-3)19(14-16)25-23(29)22(17-8-5-4-6-9-17)32-24-27-26-21(28(24)2)15-18-10-7-13-31-18/h4-14,22H,15H2,1-3H3,(H,25,29)/t22-/m1/s1. The van der Waals surface area contributed by atoms with Crippen molar-refractivity contribution in [2.45, 2.75) is 23.8 Å². The van der Waals surface area contributed by atoms with E-state index in [1.165, 1.54) is 16.6 Å². The SMILES string of the molecule is COc1ccc(C)cc1NC(=O)[C@H](Sc1nnc(Cc2cccs2)n1C)c1ccccc1. The second kappa shape index (κ2) is 10.0. The van der Waals surface area contributed by atoms with Crippen molar-refractivity contribution < 1.29 is 9.53 Å². The molecule has 2 aromatic heterocycles. The lowest BCUT2D eigenvalue weighted by Crippen LogP contribution is -2.20. The number of nitrogens with zero attached hydrogens (tertiary/aromatic N) is 3. The summed E-state index contributed by atoms with van der Waals surface area (Å²) in [7, 11) is 3.53. The van der Waals surface area contributed by atoms with E-state index in [2.05, 4.69) is 27.0 Å². The molecule has 2 aromatic carbocycles. The Bertz CT molecular complexity index is 1190. The van der Waals surface area contributed by atoms with E-state index in [-0.39, 0.29) is 5.91 Å². The lowest BCUT2D eigenvalue weighted by molar-refractivity contribution is -0.115. The summed E-state index contributed by atoms with van der Waals surface area (Å²) in [4.78, 5) is 14.7. The van der Waals surface area contributed by atoms with E-state index in [1.807, 2.05) is 73.1 Å². The first kappa shape index (κ1) is 22.1. The maximum Gasteiger partial charge on any atom is 0.242 e. The van der Waals surface area contributed by atoms with E-state index in [4.69, 9.17) is 4.74 Å².